The van der Waals surface area contributed by atoms with E-state index in [2.05, 4.69) is 10.00 Å². The van der Waals surface area contributed by atoms with Crippen molar-refractivity contribution >= 4 is 38.6 Å². The summed E-state index contributed by atoms with van der Waals surface area (Å²) in [7, 11) is -3.52. The normalized spacial score (nSPS) is 14.8. The van der Waals surface area contributed by atoms with E-state index in [0.29, 0.717) is 53.8 Å². The third-order valence-electron chi connectivity index (χ3n) is 6.32. The molecule has 0 spiro atoms. The molecule has 0 amide bonds. The zero-order valence-electron chi connectivity index (χ0n) is 19.7. The van der Waals surface area contributed by atoms with Crippen LogP contribution in [-0.2, 0) is 16.4 Å². The third-order valence-corrected chi connectivity index (χ3v) is 9.28. The SMILES string of the molecule is Cc1ccc(Cc2c(N3CCN(S(=O)(=O)c4ccsc4)CC3)cnn(-c3cccc(Cl)c3)c2=O)cc1. The van der Waals surface area contributed by atoms with Crippen molar-refractivity contribution in [3.05, 3.63) is 104 Å². The maximum absolute atomic E-state index is 13.7. The van der Waals surface area contributed by atoms with Gasteiger partial charge in [-0.15, -0.1) is 0 Å². The highest BCUT2D eigenvalue weighted by Crippen LogP contribution is 2.25. The maximum Gasteiger partial charge on any atom is 0.277 e. The van der Waals surface area contributed by atoms with Crippen molar-refractivity contribution in [3.63, 3.8) is 0 Å². The van der Waals surface area contributed by atoms with E-state index < -0.39 is 10.0 Å². The molecule has 0 atom stereocenters. The molecule has 0 saturated carbocycles. The molecule has 1 fully saturated rings. The molecule has 5 rings (SSSR count). The summed E-state index contributed by atoms with van der Waals surface area (Å²) in [6.07, 6.45) is 2.14. The summed E-state index contributed by atoms with van der Waals surface area (Å²) < 4.78 is 28.8. The summed E-state index contributed by atoms with van der Waals surface area (Å²) in [6.45, 7) is 3.62. The van der Waals surface area contributed by atoms with Gasteiger partial charge in [0.2, 0.25) is 10.0 Å². The monoisotopic (exact) mass is 540 g/mol. The Bertz CT molecular complexity index is 1530. The molecular weight excluding hydrogens is 516 g/mol. The first-order chi connectivity index (χ1) is 17.3. The van der Waals surface area contributed by atoms with Crippen LogP contribution < -0.4 is 10.5 Å². The van der Waals surface area contributed by atoms with Gasteiger partial charge in [0.15, 0.2) is 0 Å². The lowest BCUT2D eigenvalue weighted by atomic mass is 10.0. The van der Waals surface area contributed by atoms with Crippen LogP contribution >= 0.6 is 22.9 Å². The molecule has 2 aromatic heterocycles. The Balaban J connectivity index is 1.48. The molecule has 0 radical (unpaired) electrons. The number of aromatic nitrogens is 2. The summed E-state index contributed by atoms with van der Waals surface area (Å²) in [5.41, 5.74) is 3.88. The minimum absolute atomic E-state index is 0.219. The first kappa shape index (κ1) is 24.7. The Morgan fingerprint density at radius 2 is 1.78 bits per heavy atom. The standard InChI is InChI=1S/C26H25ClN4O3S2/c1-19-5-7-20(8-6-19)15-24-25(17-28-31(26(24)32)22-4-2-3-21(27)16-22)29-10-12-30(13-11-29)36(33,34)23-9-14-35-18-23/h2-9,14,16-18H,10-13,15H2,1H3. The van der Waals surface area contributed by atoms with Gasteiger partial charge in [0.1, 0.15) is 0 Å². The number of sulfonamides is 1. The molecule has 7 nitrogen and oxygen atoms in total. The number of benzene rings is 2. The minimum atomic E-state index is -3.52. The predicted octanol–water partition coefficient (Wildman–Crippen LogP) is 4.36. The van der Waals surface area contributed by atoms with E-state index in [4.69, 9.17) is 11.6 Å². The molecule has 0 bridgehead atoms. The van der Waals surface area contributed by atoms with Crippen LogP contribution in [0.1, 0.15) is 16.7 Å². The zero-order chi connectivity index (χ0) is 25.3. The largest absolute Gasteiger partial charge is 0.367 e. The molecule has 2 aromatic carbocycles. The van der Waals surface area contributed by atoms with E-state index in [1.807, 2.05) is 31.2 Å². The van der Waals surface area contributed by atoms with Crippen LogP contribution in [0.25, 0.3) is 5.69 Å². The van der Waals surface area contributed by atoms with Crippen molar-refractivity contribution in [2.24, 2.45) is 0 Å². The highest BCUT2D eigenvalue weighted by Gasteiger charge is 2.30. The fourth-order valence-electron chi connectivity index (χ4n) is 4.34. The first-order valence-corrected chi connectivity index (χ1v) is 14.3. The van der Waals surface area contributed by atoms with Gasteiger partial charge in [0.25, 0.3) is 5.56 Å². The molecular formula is C26H25ClN4O3S2. The summed E-state index contributed by atoms with van der Waals surface area (Å²) in [5.74, 6) is 0. The van der Waals surface area contributed by atoms with Crippen LogP contribution in [0.2, 0.25) is 5.02 Å². The van der Waals surface area contributed by atoms with Crippen LogP contribution in [-0.4, -0.2) is 48.7 Å². The van der Waals surface area contributed by atoms with Crippen molar-refractivity contribution in [2.45, 2.75) is 18.2 Å². The van der Waals surface area contributed by atoms with E-state index in [1.165, 1.54) is 20.3 Å². The predicted molar refractivity (Wildman–Crippen MR) is 144 cm³/mol. The number of rotatable bonds is 6. The Kier molecular flexibility index (Phi) is 6.98. The number of hydrogen-bond acceptors (Lipinski definition) is 6. The number of hydrogen-bond donors (Lipinski definition) is 0. The van der Waals surface area contributed by atoms with Crippen molar-refractivity contribution in [1.82, 2.24) is 14.1 Å². The molecule has 1 saturated heterocycles. The Labute approximate surface area is 219 Å². The van der Waals surface area contributed by atoms with Crippen molar-refractivity contribution in [3.8, 4) is 5.69 Å². The molecule has 0 aliphatic carbocycles. The van der Waals surface area contributed by atoms with Crippen LogP contribution in [0.4, 0.5) is 5.69 Å². The minimum Gasteiger partial charge on any atom is -0.367 e. The molecule has 1 aliphatic rings. The molecule has 4 aromatic rings. The number of anilines is 1. The second-order valence-corrected chi connectivity index (χ2v) is 11.9. The second-order valence-electron chi connectivity index (χ2n) is 8.72. The molecule has 0 unspecified atom stereocenters. The van der Waals surface area contributed by atoms with Gasteiger partial charge in [-0.3, -0.25) is 4.79 Å². The van der Waals surface area contributed by atoms with Gasteiger partial charge in [-0.2, -0.15) is 25.4 Å². The van der Waals surface area contributed by atoms with Gasteiger partial charge in [-0.05, 0) is 42.1 Å². The molecule has 0 N–H and O–H groups in total. The van der Waals surface area contributed by atoms with E-state index in [9.17, 15) is 13.2 Å². The maximum atomic E-state index is 13.7. The van der Waals surface area contributed by atoms with E-state index in [-0.39, 0.29) is 5.56 Å². The fraction of sp³-hybridized carbons (Fsp3) is 0.231. The van der Waals surface area contributed by atoms with Gasteiger partial charge in [-0.1, -0.05) is 47.5 Å². The first-order valence-electron chi connectivity index (χ1n) is 11.5. The number of halogens is 1. The molecule has 3 heterocycles. The highest BCUT2D eigenvalue weighted by molar-refractivity contribution is 7.89. The summed E-state index contributed by atoms with van der Waals surface area (Å²) >= 11 is 7.53. The van der Waals surface area contributed by atoms with E-state index >= 15 is 0 Å². The smallest absolute Gasteiger partial charge is 0.277 e. The number of nitrogens with zero attached hydrogens (tertiary/aromatic N) is 4. The molecule has 36 heavy (non-hydrogen) atoms. The topological polar surface area (TPSA) is 75.5 Å². The Morgan fingerprint density at radius 1 is 1.03 bits per heavy atom. The lowest BCUT2D eigenvalue weighted by Crippen LogP contribution is -2.49. The highest BCUT2D eigenvalue weighted by atomic mass is 35.5. The third kappa shape index (κ3) is 4.97. The quantitative estimate of drug-likeness (QED) is 0.363. The lowest BCUT2D eigenvalue weighted by Gasteiger charge is -2.36. The van der Waals surface area contributed by atoms with Gasteiger partial charge in [0, 0.05) is 48.6 Å². The van der Waals surface area contributed by atoms with Crippen LogP contribution in [0.5, 0.6) is 0 Å². The van der Waals surface area contributed by atoms with Gasteiger partial charge in [-0.25, -0.2) is 8.42 Å². The lowest BCUT2D eigenvalue weighted by molar-refractivity contribution is 0.384. The van der Waals surface area contributed by atoms with Gasteiger partial charge in [0.05, 0.1) is 22.5 Å². The zero-order valence-corrected chi connectivity index (χ0v) is 22.1. The number of piperazine rings is 1. The average molecular weight is 541 g/mol. The van der Waals surface area contributed by atoms with Crippen LogP contribution in [0.15, 0.2) is 81.2 Å². The van der Waals surface area contributed by atoms with Crippen molar-refractivity contribution in [2.75, 3.05) is 31.1 Å². The molecule has 186 valence electrons. The van der Waals surface area contributed by atoms with Crippen molar-refractivity contribution in [1.29, 1.82) is 0 Å². The van der Waals surface area contributed by atoms with Crippen LogP contribution in [0.3, 0.4) is 0 Å². The van der Waals surface area contributed by atoms with Gasteiger partial charge < -0.3 is 4.90 Å². The Hall–Kier alpha value is -2.98. The molecule has 10 heteroatoms. The average Bonchev–Trinajstić information content (AvgIpc) is 3.43. The van der Waals surface area contributed by atoms with E-state index in [0.717, 1.165) is 16.8 Å². The van der Waals surface area contributed by atoms with Crippen LogP contribution in [0, 0.1) is 6.92 Å². The number of aryl methyl sites for hydroxylation is 1. The number of thiophene rings is 1. The summed E-state index contributed by atoms with van der Waals surface area (Å²) in [5, 5.41) is 8.40. The van der Waals surface area contributed by atoms with Gasteiger partial charge >= 0.3 is 0 Å². The second kappa shape index (κ2) is 10.2. The fourth-order valence-corrected chi connectivity index (χ4v) is 6.96. The Morgan fingerprint density at radius 3 is 2.44 bits per heavy atom. The summed E-state index contributed by atoms with van der Waals surface area (Å²) in [4.78, 5) is 16.1. The summed E-state index contributed by atoms with van der Waals surface area (Å²) in [6, 6.07) is 16.8. The molecule has 1 aliphatic heterocycles. The van der Waals surface area contributed by atoms with Crippen molar-refractivity contribution < 1.29 is 8.42 Å². The van der Waals surface area contributed by atoms with E-state index in [1.54, 1.807) is 47.3 Å².